The molecule has 0 saturated carbocycles. The molecule has 0 unspecified atom stereocenters. The molecule has 1 aliphatic heterocycles. The van der Waals surface area contributed by atoms with Gasteiger partial charge in [-0.05, 0) is 40.8 Å². The minimum Gasteiger partial charge on any atom is -0.497 e. The largest absolute Gasteiger partial charge is 0.497 e. The van der Waals surface area contributed by atoms with Gasteiger partial charge < -0.3 is 14.4 Å². The molecule has 0 aromatic heterocycles. The predicted octanol–water partition coefficient (Wildman–Crippen LogP) is 2.89. The second-order valence-corrected chi connectivity index (χ2v) is 6.15. The van der Waals surface area contributed by atoms with Crippen molar-refractivity contribution in [3.63, 3.8) is 0 Å². The van der Waals surface area contributed by atoms with Gasteiger partial charge in [-0.3, -0.25) is 4.79 Å². The number of fused-ring (bicyclic) bond motifs is 1. The predicted molar refractivity (Wildman–Crippen MR) is 90.8 cm³/mol. The van der Waals surface area contributed by atoms with E-state index in [2.05, 4.69) is 24.3 Å². The van der Waals surface area contributed by atoms with Crippen molar-refractivity contribution in [2.75, 3.05) is 33.9 Å². The van der Waals surface area contributed by atoms with Gasteiger partial charge in [0.2, 0.25) is 5.91 Å². The fourth-order valence-electron chi connectivity index (χ4n) is 3.27. The molecule has 4 nitrogen and oxygen atoms in total. The lowest BCUT2D eigenvalue weighted by molar-refractivity contribution is -0.128. The standard InChI is InChI=1S/C19H23NO3/c1-22-8-7-20-13-15(11-19(20)21)9-14-3-4-17-12-18(23-2)6-5-16(17)10-14/h3-6,10,12,15H,7-9,11,13H2,1-2H3/t15-/m1/s1. The van der Waals surface area contributed by atoms with Crippen LogP contribution in [0.5, 0.6) is 5.75 Å². The normalized spacial score (nSPS) is 17.9. The molecule has 2 aromatic carbocycles. The SMILES string of the molecule is COCCN1C[C@H](Cc2ccc3cc(OC)ccc3c2)CC1=O. The first-order valence-electron chi connectivity index (χ1n) is 8.03. The fourth-order valence-corrected chi connectivity index (χ4v) is 3.27. The van der Waals surface area contributed by atoms with Gasteiger partial charge in [-0.2, -0.15) is 0 Å². The maximum Gasteiger partial charge on any atom is 0.223 e. The van der Waals surface area contributed by atoms with Crippen LogP contribution in [0.1, 0.15) is 12.0 Å². The Kier molecular flexibility index (Phi) is 4.82. The number of likely N-dealkylation sites (tertiary alicyclic amines) is 1. The smallest absolute Gasteiger partial charge is 0.223 e. The Hall–Kier alpha value is -2.07. The number of amides is 1. The van der Waals surface area contributed by atoms with Crippen molar-refractivity contribution in [2.24, 2.45) is 5.92 Å². The molecule has 0 bridgehead atoms. The highest BCUT2D eigenvalue weighted by atomic mass is 16.5. The average Bonchev–Trinajstić information content (AvgIpc) is 2.91. The molecule has 1 saturated heterocycles. The number of nitrogens with zero attached hydrogens (tertiary/aromatic N) is 1. The third-order valence-corrected chi connectivity index (χ3v) is 4.50. The lowest BCUT2D eigenvalue weighted by Gasteiger charge is -2.16. The summed E-state index contributed by atoms with van der Waals surface area (Å²) in [6, 6.07) is 12.6. The lowest BCUT2D eigenvalue weighted by atomic mass is 9.96. The molecule has 0 N–H and O–H groups in total. The highest BCUT2D eigenvalue weighted by molar-refractivity contribution is 5.84. The first kappa shape index (κ1) is 15.8. The van der Waals surface area contributed by atoms with Crippen LogP contribution in [-0.4, -0.2) is 44.7 Å². The highest BCUT2D eigenvalue weighted by Gasteiger charge is 2.29. The maximum atomic E-state index is 12.0. The van der Waals surface area contributed by atoms with Crippen molar-refractivity contribution in [1.29, 1.82) is 0 Å². The Morgan fingerprint density at radius 3 is 2.70 bits per heavy atom. The molecule has 3 rings (SSSR count). The number of carbonyl (C=O) groups excluding carboxylic acids is 1. The zero-order chi connectivity index (χ0) is 16.2. The van der Waals surface area contributed by atoms with E-state index >= 15 is 0 Å². The molecular formula is C19H23NO3. The van der Waals surface area contributed by atoms with Crippen molar-refractivity contribution in [3.05, 3.63) is 42.0 Å². The molecule has 2 aromatic rings. The van der Waals surface area contributed by atoms with Crippen LogP contribution in [-0.2, 0) is 16.0 Å². The summed E-state index contributed by atoms with van der Waals surface area (Å²) in [5.41, 5.74) is 1.29. The second-order valence-electron chi connectivity index (χ2n) is 6.15. The molecule has 1 atom stereocenters. The van der Waals surface area contributed by atoms with Crippen LogP contribution < -0.4 is 4.74 Å². The quantitative estimate of drug-likeness (QED) is 0.823. The molecule has 1 fully saturated rings. The highest BCUT2D eigenvalue weighted by Crippen LogP contribution is 2.26. The van der Waals surface area contributed by atoms with E-state index in [0.29, 0.717) is 25.5 Å². The molecule has 4 heteroatoms. The first-order valence-corrected chi connectivity index (χ1v) is 8.03. The summed E-state index contributed by atoms with van der Waals surface area (Å²) in [7, 11) is 3.35. The van der Waals surface area contributed by atoms with E-state index in [4.69, 9.17) is 9.47 Å². The van der Waals surface area contributed by atoms with Crippen molar-refractivity contribution in [3.8, 4) is 5.75 Å². The molecular weight excluding hydrogens is 290 g/mol. The Morgan fingerprint density at radius 1 is 1.13 bits per heavy atom. The molecule has 0 spiro atoms. The van der Waals surface area contributed by atoms with Gasteiger partial charge in [0.15, 0.2) is 0 Å². The number of hydrogen-bond donors (Lipinski definition) is 0. The Morgan fingerprint density at radius 2 is 1.91 bits per heavy atom. The minimum absolute atomic E-state index is 0.248. The van der Waals surface area contributed by atoms with Gasteiger partial charge in [0.25, 0.3) is 0 Å². The van der Waals surface area contributed by atoms with Crippen LogP contribution >= 0.6 is 0 Å². The minimum atomic E-state index is 0.248. The molecule has 122 valence electrons. The summed E-state index contributed by atoms with van der Waals surface area (Å²) in [6.07, 6.45) is 1.58. The maximum absolute atomic E-state index is 12.0. The van der Waals surface area contributed by atoms with Gasteiger partial charge in [0.05, 0.1) is 13.7 Å². The first-order chi connectivity index (χ1) is 11.2. The van der Waals surface area contributed by atoms with Gasteiger partial charge in [-0.25, -0.2) is 0 Å². The number of ether oxygens (including phenoxy) is 2. The summed E-state index contributed by atoms with van der Waals surface area (Å²) in [5.74, 6) is 1.52. The number of carbonyl (C=O) groups is 1. The summed E-state index contributed by atoms with van der Waals surface area (Å²) in [6.45, 7) is 2.14. The Bertz CT molecular complexity index is 698. The van der Waals surface area contributed by atoms with E-state index < -0.39 is 0 Å². The number of rotatable bonds is 6. The van der Waals surface area contributed by atoms with Crippen LogP contribution in [0, 0.1) is 5.92 Å². The van der Waals surface area contributed by atoms with Crippen molar-refractivity contribution in [1.82, 2.24) is 4.90 Å². The lowest BCUT2D eigenvalue weighted by Crippen LogP contribution is -2.28. The summed E-state index contributed by atoms with van der Waals surface area (Å²) in [5, 5.41) is 2.39. The Balaban J connectivity index is 1.68. The van der Waals surface area contributed by atoms with E-state index in [9.17, 15) is 4.79 Å². The van der Waals surface area contributed by atoms with E-state index in [-0.39, 0.29) is 5.91 Å². The van der Waals surface area contributed by atoms with E-state index in [1.807, 2.05) is 17.0 Å². The van der Waals surface area contributed by atoms with Crippen molar-refractivity contribution < 1.29 is 14.3 Å². The van der Waals surface area contributed by atoms with Gasteiger partial charge in [0.1, 0.15) is 5.75 Å². The summed E-state index contributed by atoms with van der Waals surface area (Å²) < 4.78 is 10.3. The Labute approximate surface area is 137 Å². The average molecular weight is 313 g/mol. The molecule has 23 heavy (non-hydrogen) atoms. The number of benzene rings is 2. The fraction of sp³-hybridized carbons (Fsp3) is 0.421. The monoisotopic (exact) mass is 313 g/mol. The molecule has 0 aliphatic carbocycles. The molecule has 1 aliphatic rings. The van der Waals surface area contributed by atoms with Crippen LogP contribution in [0.2, 0.25) is 0 Å². The zero-order valence-corrected chi connectivity index (χ0v) is 13.7. The van der Waals surface area contributed by atoms with Crippen LogP contribution in [0.4, 0.5) is 0 Å². The third-order valence-electron chi connectivity index (χ3n) is 4.50. The third kappa shape index (κ3) is 3.64. The zero-order valence-electron chi connectivity index (χ0n) is 13.7. The summed E-state index contributed by atoms with van der Waals surface area (Å²) >= 11 is 0. The van der Waals surface area contributed by atoms with Crippen molar-refractivity contribution in [2.45, 2.75) is 12.8 Å². The van der Waals surface area contributed by atoms with Gasteiger partial charge >= 0.3 is 0 Å². The van der Waals surface area contributed by atoms with E-state index in [1.165, 1.54) is 16.3 Å². The van der Waals surface area contributed by atoms with E-state index in [1.54, 1.807) is 14.2 Å². The summed E-state index contributed by atoms with van der Waals surface area (Å²) in [4.78, 5) is 13.9. The van der Waals surface area contributed by atoms with Crippen molar-refractivity contribution >= 4 is 16.7 Å². The van der Waals surface area contributed by atoms with Crippen LogP contribution in [0.3, 0.4) is 0 Å². The van der Waals surface area contributed by atoms with Gasteiger partial charge in [-0.1, -0.05) is 24.3 Å². The van der Waals surface area contributed by atoms with Gasteiger partial charge in [-0.15, -0.1) is 0 Å². The van der Waals surface area contributed by atoms with E-state index in [0.717, 1.165) is 18.7 Å². The second kappa shape index (κ2) is 7.01. The topological polar surface area (TPSA) is 38.8 Å². The number of hydrogen-bond acceptors (Lipinski definition) is 3. The molecule has 1 heterocycles. The number of methoxy groups -OCH3 is 2. The van der Waals surface area contributed by atoms with Crippen LogP contribution in [0.15, 0.2) is 36.4 Å². The molecule has 0 radical (unpaired) electrons. The molecule has 1 amide bonds. The van der Waals surface area contributed by atoms with Crippen LogP contribution in [0.25, 0.3) is 10.8 Å². The van der Waals surface area contributed by atoms with Gasteiger partial charge in [0, 0.05) is 26.6 Å².